The number of hydrogen-bond donors (Lipinski definition) is 0. The molecule has 3 heteroatoms. The molecule has 2 heterocycles. The molecule has 0 radical (unpaired) electrons. The zero-order chi connectivity index (χ0) is 9.26. The van der Waals surface area contributed by atoms with Crippen LogP contribution < -0.4 is 4.74 Å². The third kappa shape index (κ3) is 1.98. The topological polar surface area (TPSA) is 25.4 Å². The second kappa shape index (κ2) is 3.34. The molecule has 2 rings (SSSR count). The second-order valence-corrected chi connectivity index (χ2v) is 3.63. The van der Waals surface area contributed by atoms with E-state index in [2.05, 4.69) is 16.9 Å². The maximum atomic E-state index is 5.62. The molecule has 0 N–H and O–H groups in total. The molecule has 70 valence electrons. The standard InChI is InChI=1S/C10H14N2O/c1-8-3-4-10(11-5-8)13-9-6-12(2)7-9/h3-5,9H,6-7H2,1-2H3. The molecular weight excluding hydrogens is 164 g/mol. The molecule has 13 heavy (non-hydrogen) atoms. The zero-order valence-corrected chi connectivity index (χ0v) is 8.03. The summed E-state index contributed by atoms with van der Waals surface area (Å²) in [7, 11) is 2.09. The number of rotatable bonds is 2. The van der Waals surface area contributed by atoms with Crippen LogP contribution in [0.25, 0.3) is 0 Å². The Labute approximate surface area is 78.3 Å². The maximum absolute atomic E-state index is 5.62. The highest BCUT2D eigenvalue weighted by atomic mass is 16.5. The summed E-state index contributed by atoms with van der Waals surface area (Å²) in [6, 6.07) is 3.94. The predicted molar refractivity (Wildman–Crippen MR) is 50.9 cm³/mol. The van der Waals surface area contributed by atoms with E-state index in [0.29, 0.717) is 6.10 Å². The molecular formula is C10H14N2O. The van der Waals surface area contributed by atoms with Crippen molar-refractivity contribution in [1.29, 1.82) is 0 Å². The monoisotopic (exact) mass is 178 g/mol. The van der Waals surface area contributed by atoms with E-state index in [1.807, 2.05) is 25.3 Å². The van der Waals surface area contributed by atoms with E-state index in [4.69, 9.17) is 4.74 Å². The Morgan fingerprint density at radius 1 is 1.46 bits per heavy atom. The number of pyridine rings is 1. The number of likely N-dealkylation sites (N-methyl/N-ethyl adjacent to an activating group) is 1. The summed E-state index contributed by atoms with van der Waals surface area (Å²) < 4.78 is 5.62. The van der Waals surface area contributed by atoms with Gasteiger partial charge in [0.05, 0.1) is 0 Å². The summed E-state index contributed by atoms with van der Waals surface area (Å²) >= 11 is 0. The van der Waals surface area contributed by atoms with Crippen molar-refractivity contribution >= 4 is 0 Å². The summed E-state index contributed by atoms with van der Waals surface area (Å²) in [6.07, 6.45) is 2.16. The van der Waals surface area contributed by atoms with E-state index < -0.39 is 0 Å². The lowest BCUT2D eigenvalue weighted by atomic mass is 10.2. The van der Waals surface area contributed by atoms with Gasteiger partial charge >= 0.3 is 0 Å². The van der Waals surface area contributed by atoms with Crippen molar-refractivity contribution in [3.8, 4) is 5.88 Å². The number of likely N-dealkylation sites (tertiary alicyclic amines) is 1. The van der Waals surface area contributed by atoms with Crippen molar-refractivity contribution in [2.45, 2.75) is 13.0 Å². The van der Waals surface area contributed by atoms with Crippen LogP contribution in [0.15, 0.2) is 18.3 Å². The van der Waals surface area contributed by atoms with Crippen LogP contribution in [0.2, 0.25) is 0 Å². The Morgan fingerprint density at radius 3 is 2.77 bits per heavy atom. The lowest BCUT2D eigenvalue weighted by Crippen LogP contribution is -2.51. The number of aromatic nitrogens is 1. The fourth-order valence-electron chi connectivity index (χ4n) is 1.41. The minimum Gasteiger partial charge on any atom is -0.472 e. The summed E-state index contributed by atoms with van der Waals surface area (Å²) in [6.45, 7) is 4.04. The Bertz CT molecular complexity index is 277. The van der Waals surface area contributed by atoms with Crippen molar-refractivity contribution in [2.24, 2.45) is 0 Å². The summed E-state index contributed by atoms with van der Waals surface area (Å²) in [5, 5.41) is 0. The first-order valence-electron chi connectivity index (χ1n) is 4.52. The Morgan fingerprint density at radius 2 is 2.23 bits per heavy atom. The lowest BCUT2D eigenvalue weighted by Gasteiger charge is -2.35. The van der Waals surface area contributed by atoms with E-state index in [0.717, 1.165) is 24.5 Å². The molecule has 1 aliphatic rings. The predicted octanol–water partition coefficient (Wildman–Crippen LogP) is 1.08. The molecule has 0 aromatic carbocycles. The van der Waals surface area contributed by atoms with Gasteiger partial charge < -0.3 is 4.74 Å². The van der Waals surface area contributed by atoms with Gasteiger partial charge in [0.2, 0.25) is 5.88 Å². The summed E-state index contributed by atoms with van der Waals surface area (Å²) in [4.78, 5) is 6.41. The Balaban J connectivity index is 1.91. The Hall–Kier alpha value is -1.09. The van der Waals surface area contributed by atoms with E-state index in [9.17, 15) is 0 Å². The minimum atomic E-state index is 0.334. The lowest BCUT2D eigenvalue weighted by molar-refractivity contribution is 0.0355. The number of hydrogen-bond acceptors (Lipinski definition) is 3. The van der Waals surface area contributed by atoms with E-state index in [1.165, 1.54) is 0 Å². The van der Waals surface area contributed by atoms with Crippen molar-refractivity contribution in [2.75, 3.05) is 20.1 Å². The van der Waals surface area contributed by atoms with Crippen LogP contribution in [0, 0.1) is 6.92 Å². The third-order valence-electron chi connectivity index (χ3n) is 2.20. The average molecular weight is 178 g/mol. The number of aryl methyl sites for hydroxylation is 1. The van der Waals surface area contributed by atoms with Crippen LogP contribution in [0.3, 0.4) is 0 Å². The second-order valence-electron chi connectivity index (χ2n) is 3.63. The molecule has 0 unspecified atom stereocenters. The first kappa shape index (κ1) is 8.51. The van der Waals surface area contributed by atoms with Crippen LogP contribution in [-0.2, 0) is 0 Å². The molecule has 1 aromatic heterocycles. The van der Waals surface area contributed by atoms with Crippen molar-refractivity contribution < 1.29 is 4.74 Å². The highest BCUT2D eigenvalue weighted by Gasteiger charge is 2.24. The summed E-state index contributed by atoms with van der Waals surface area (Å²) in [5.41, 5.74) is 1.16. The quantitative estimate of drug-likeness (QED) is 0.677. The molecule has 0 bridgehead atoms. The minimum absolute atomic E-state index is 0.334. The van der Waals surface area contributed by atoms with Crippen LogP contribution in [-0.4, -0.2) is 36.1 Å². The molecule has 0 spiro atoms. The first-order chi connectivity index (χ1) is 6.24. The molecule has 0 amide bonds. The maximum Gasteiger partial charge on any atom is 0.213 e. The highest BCUT2D eigenvalue weighted by molar-refractivity contribution is 5.16. The largest absolute Gasteiger partial charge is 0.472 e. The molecule has 0 aliphatic carbocycles. The van der Waals surface area contributed by atoms with Crippen molar-refractivity contribution in [1.82, 2.24) is 9.88 Å². The van der Waals surface area contributed by atoms with Crippen LogP contribution >= 0.6 is 0 Å². The van der Waals surface area contributed by atoms with Gasteiger partial charge in [-0.15, -0.1) is 0 Å². The Kier molecular flexibility index (Phi) is 2.19. The molecule has 1 fully saturated rings. The summed E-state index contributed by atoms with van der Waals surface area (Å²) in [5.74, 6) is 0.740. The fraction of sp³-hybridized carbons (Fsp3) is 0.500. The van der Waals surface area contributed by atoms with E-state index >= 15 is 0 Å². The molecule has 3 nitrogen and oxygen atoms in total. The fourth-order valence-corrected chi connectivity index (χ4v) is 1.41. The van der Waals surface area contributed by atoms with Gasteiger partial charge in [-0.2, -0.15) is 0 Å². The molecule has 0 atom stereocenters. The highest BCUT2D eigenvalue weighted by Crippen LogP contribution is 2.14. The van der Waals surface area contributed by atoms with Crippen molar-refractivity contribution in [3.63, 3.8) is 0 Å². The van der Waals surface area contributed by atoms with E-state index in [-0.39, 0.29) is 0 Å². The number of ether oxygens (including phenoxy) is 1. The zero-order valence-electron chi connectivity index (χ0n) is 8.03. The van der Waals surface area contributed by atoms with Crippen LogP contribution in [0.4, 0.5) is 0 Å². The van der Waals surface area contributed by atoms with Gasteiger partial charge in [0, 0.05) is 25.4 Å². The van der Waals surface area contributed by atoms with Gasteiger partial charge in [-0.25, -0.2) is 4.98 Å². The van der Waals surface area contributed by atoms with E-state index in [1.54, 1.807) is 0 Å². The van der Waals surface area contributed by atoms with Crippen LogP contribution in [0.5, 0.6) is 5.88 Å². The first-order valence-corrected chi connectivity index (χ1v) is 4.52. The normalized spacial score (nSPS) is 18.3. The SMILES string of the molecule is Cc1ccc(OC2CN(C)C2)nc1. The van der Waals surface area contributed by atoms with Gasteiger partial charge in [-0.3, -0.25) is 4.90 Å². The van der Waals surface area contributed by atoms with Gasteiger partial charge in [-0.1, -0.05) is 6.07 Å². The van der Waals surface area contributed by atoms with Gasteiger partial charge in [0.25, 0.3) is 0 Å². The van der Waals surface area contributed by atoms with Gasteiger partial charge in [0.15, 0.2) is 0 Å². The van der Waals surface area contributed by atoms with Crippen molar-refractivity contribution in [3.05, 3.63) is 23.9 Å². The van der Waals surface area contributed by atoms with Gasteiger partial charge in [-0.05, 0) is 19.5 Å². The molecule has 1 saturated heterocycles. The molecule has 1 aliphatic heterocycles. The molecule has 0 saturated carbocycles. The molecule has 1 aromatic rings. The third-order valence-corrected chi connectivity index (χ3v) is 2.20. The van der Waals surface area contributed by atoms with Crippen LogP contribution in [0.1, 0.15) is 5.56 Å². The smallest absolute Gasteiger partial charge is 0.213 e. The number of nitrogens with zero attached hydrogens (tertiary/aromatic N) is 2. The average Bonchev–Trinajstić information content (AvgIpc) is 2.06. The van der Waals surface area contributed by atoms with Gasteiger partial charge in [0.1, 0.15) is 6.10 Å².